The summed E-state index contributed by atoms with van der Waals surface area (Å²) in [6.45, 7) is 2.74. The normalized spacial score (nSPS) is 17.7. The van der Waals surface area contributed by atoms with Gasteiger partial charge in [0.1, 0.15) is 11.5 Å². The molecule has 2 aliphatic rings. The van der Waals surface area contributed by atoms with E-state index in [2.05, 4.69) is 15.1 Å². The highest BCUT2D eigenvalue weighted by Gasteiger charge is 2.32. The van der Waals surface area contributed by atoms with Gasteiger partial charge in [-0.3, -0.25) is 4.79 Å². The van der Waals surface area contributed by atoms with E-state index in [9.17, 15) is 13.2 Å². The Morgan fingerprint density at radius 1 is 0.952 bits per heavy atom. The zero-order valence-corrected chi connectivity index (χ0v) is 24.8. The van der Waals surface area contributed by atoms with Crippen molar-refractivity contribution in [3.8, 4) is 22.8 Å². The van der Waals surface area contributed by atoms with Gasteiger partial charge in [0.25, 0.3) is 0 Å². The van der Waals surface area contributed by atoms with E-state index >= 15 is 0 Å². The zero-order chi connectivity index (χ0) is 29.5. The maximum Gasteiger partial charge on any atom is 0.243 e. The molecule has 224 valence electrons. The number of hydrogen-bond donors (Lipinski definition) is 0. The van der Waals surface area contributed by atoms with Gasteiger partial charge in [0.2, 0.25) is 15.9 Å². The second-order valence-corrected chi connectivity index (χ2v) is 12.3. The summed E-state index contributed by atoms with van der Waals surface area (Å²) >= 11 is 0. The Hall–Kier alpha value is -3.74. The zero-order valence-electron chi connectivity index (χ0n) is 24.0. The molecule has 42 heavy (non-hydrogen) atoms. The monoisotopic (exact) mass is 595 g/mol. The van der Waals surface area contributed by atoms with E-state index < -0.39 is 10.0 Å². The molecular weight excluding hydrogens is 558 g/mol. The molecule has 1 atom stereocenters. The molecule has 0 saturated carbocycles. The average Bonchev–Trinajstić information content (AvgIpc) is 3.42. The summed E-state index contributed by atoms with van der Waals surface area (Å²) in [5, 5.41) is 8.87. The number of anilines is 1. The van der Waals surface area contributed by atoms with Gasteiger partial charge in [0.15, 0.2) is 5.82 Å². The number of methoxy groups -OCH3 is 2. The molecule has 0 N–H and O–H groups in total. The summed E-state index contributed by atoms with van der Waals surface area (Å²) in [6.07, 6.45) is 2.13. The fourth-order valence-electron chi connectivity index (χ4n) is 5.24. The van der Waals surface area contributed by atoms with Crippen LogP contribution in [0.25, 0.3) is 11.3 Å². The number of aromatic nitrogens is 2. The van der Waals surface area contributed by atoms with E-state index in [0.717, 1.165) is 42.1 Å². The van der Waals surface area contributed by atoms with Crippen LogP contribution in [-0.4, -0.2) is 99.9 Å². The molecule has 0 bridgehead atoms. The second kappa shape index (κ2) is 13.5. The maximum atomic E-state index is 13.6. The van der Waals surface area contributed by atoms with Crippen LogP contribution in [0, 0.1) is 0 Å². The van der Waals surface area contributed by atoms with Crippen molar-refractivity contribution in [1.29, 1.82) is 0 Å². The van der Waals surface area contributed by atoms with E-state index in [1.165, 1.54) is 23.5 Å². The predicted molar refractivity (Wildman–Crippen MR) is 158 cm³/mol. The minimum Gasteiger partial charge on any atom is -0.497 e. The number of hydrogen-bond acceptors (Lipinski definition) is 9. The number of amides is 1. The third kappa shape index (κ3) is 7.00. The highest BCUT2D eigenvalue weighted by atomic mass is 32.2. The second-order valence-electron chi connectivity index (χ2n) is 10.3. The van der Waals surface area contributed by atoms with Gasteiger partial charge < -0.3 is 24.0 Å². The summed E-state index contributed by atoms with van der Waals surface area (Å²) in [6, 6.07) is 17.7. The van der Waals surface area contributed by atoms with Crippen molar-refractivity contribution < 1.29 is 27.4 Å². The first kappa shape index (κ1) is 29.7. The molecule has 11 nitrogen and oxygen atoms in total. The summed E-state index contributed by atoms with van der Waals surface area (Å²) in [4.78, 5) is 17.5. The first-order valence-corrected chi connectivity index (χ1v) is 15.6. The quantitative estimate of drug-likeness (QED) is 0.349. The van der Waals surface area contributed by atoms with Crippen LogP contribution in [0.2, 0.25) is 0 Å². The van der Waals surface area contributed by atoms with Crippen molar-refractivity contribution in [1.82, 2.24) is 19.4 Å². The summed E-state index contributed by atoms with van der Waals surface area (Å²) in [5.41, 5.74) is 1.66. The van der Waals surface area contributed by atoms with Crippen LogP contribution in [0.15, 0.2) is 65.6 Å². The first-order chi connectivity index (χ1) is 20.4. The number of rotatable bonds is 10. The Kier molecular flexibility index (Phi) is 9.55. The van der Waals surface area contributed by atoms with Crippen molar-refractivity contribution in [3.05, 3.63) is 60.7 Å². The van der Waals surface area contributed by atoms with E-state index in [4.69, 9.17) is 14.2 Å². The van der Waals surface area contributed by atoms with Crippen LogP contribution in [0.4, 0.5) is 5.82 Å². The molecule has 2 saturated heterocycles. The van der Waals surface area contributed by atoms with Crippen molar-refractivity contribution in [2.24, 2.45) is 0 Å². The molecule has 5 rings (SSSR count). The number of ether oxygens (including phenoxy) is 3. The van der Waals surface area contributed by atoms with E-state index in [0.29, 0.717) is 38.5 Å². The Morgan fingerprint density at radius 3 is 2.45 bits per heavy atom. The summed E-state index contributed by atoms with van der Waals surface area (Å²) < 4.78 is 44.8. The van der Waals surface area contributed by atoms with Crippen molar-refractivity contribution >= 4 is 21.7 Å². The smallest absolute Gasteiger partial charge is 0.243 e. The predicted octanol–water partition coefficient (Wildman–Crippen LogP) is 3.07. The van der Waals surface area contributed by atoms with Gasteiger partial charge in [-0.1, -0.05) is 12.1 Å². The minimum absolute atomic E-state index is 0.118. The van der Waals surface area contributed by atoms with Gasteiger partial charge in [-0.2, -0.15) is 4.31 Å². The van der Waals surface area contributed by atoms with Crippen LogP contribution in [-0.2, 0) is 19.6 Å². The van der Waals surface area contributed by atoms with Crippen molar-refractivity contribution in [2.75, 3.05) is 65.0 Å². The number of carbonyl (C=O) groups excluding carboxylic acids is 1. The van der Waals surface area contributed by atoms with Gasteiger partial charge >= 0.3 is 0 Å². The molecule has 0 unspecified atom stereocenters. The van der Waals surface area contributed by atoms with Crippen LogP contribution in [0.3, 0.4) is 0 Å². The molecule has 0 aliphatic carbocycles. The molecule has 2 aromatic carbocycles. The summed E-state index contributed by atoms with van der Waals surface area (Å²) in [7, 11) is -0.774. The molecule has 1 aromatic heterocycles. The number of sulfonamides is 1. The molecule has 2 fully saturated rings. The number of nitrogens with zero attached hydrogens (tertiary/aromatic N) is 5. The van der Waals surface area contributed by atoms with E-state index in [-0.39, 0.29) is 30.0 Å². The van der Waals surface area contributed by atoms with Gasteiger partial charge in [0.05, 0.1) is 37.5 Å². The van der Waals surface area contributed by atoms with Crippen molar-refractivity contribution in [3.63, 3.8) is 0 Å². The van der Waals surface area contributed by atoms with Gasteiger partial charge in [0, 0.05) is 44.9 Å². The van der Waals surface area contributed by atoms with Crippen molar-refractivity contribution in [2.45, 2.75) is 30.3 Å². The maximum absolute atomic E-state index is 13.6. The van der Waals surface area contributed by atoms with E-state index in [1.54, 1.807) is 24.1 Å². The Labute approximate surface area is 247 Å². The van der Waals surface area contributed by atoms with Gasteiger partial charge in [-0.15, -0.1) is 10.2 Å². The topological polar surface area (TPSA) is 114 Å². The highest BCUT2D eigenvalue weighted by molar-refractivity contribution is 7.89. The fraction of sp³-hybridized carbons (Fsp3) is 0.433. The largest absolute Gasteiger partial charge is 0.497 e. The Bertz CT molecular complexity index is 1450. The SMILES string of the molecule is COc1ccc(S(=O)(=O)N(CC(=O)N2CCCN(c3ccc(-c4cccc(OC)c4)nn3)CC2)C[C@@H]2CCCO2)cc1. The Balaban J connectivity index is 1.25. The average molecular weight is 596 g/mol. The molecule has 2 aliphatic heterocycles. The number of carbonyl (C=O) groups is 1. The molecule has 12 heteroatoms. The molecule has 0 radical (unpaired) electrons. The van der Waals surface area contributed by atoms with Gasteiger partial charge in [-0.25, -0.2) is 8.42 Å². The molecular formula is C30H37N5O6S. The Morgan fingerprint density at radius 2 is 1.76 bits per heavy atom. The highest BCUT2D eigenvalue weighted by Crippen LogP contribution is 2.25. The molecule has 1 amide bonds. The lowest BCUT2D eigenvalue weighted by molar-refractivity contribution is -0.131. The molecule has 0 spiro atoms. The van der Waals surface area contributed by atoms with Crippen LogP contribution >= 0.6 is 0 Å². The third-order valence-corrected chi connectivity index (χ3v) is 9.45. The van der Waals surface area contributed by atoms with Crippen LogP contribution in [0.1, 0.15) is 19.3 Å². The van der Waals surface area contributed by atoms with Crippen LogP contribution < -0.4 is 14.4 Å². The van der Waals surface area contributed by atoms with Gasteiger partial charge in [-0.05, 0) is 67.8 Å². The fourth-order valence-corrected chi connectivity index (χ4v) is 6.66. The number of benzene rings is 2. The standard InChI is InChI=1S/C30H37N5O6S/c1-39-24-9-11-27(12-10-24)42(37,38)35(21-26-8-4-19-41-26)22-30(36)34-16-5-15-33(17-18-34)29-14-13-28(31-32-29)23-6-3-7-25(20-23)40-2/h3,6-7,9-14,20,26H,4-5,8,15-19,21-22H2,1-2H3/t26-/m0/s1. The lowest BCUT2D eigenvalue weighted by Crippen LogP contribution is -2.46. The molecule has 3 heterocycles. The lowest BCUT2D eigenvalue weighted by Gasteiger charge is -2.28. The third-order valence-electron chi connectivity index (χ3n) is 7.63. The summed E-state index contributed by atoms with van der Waals surface area (Å²) in [5.74, 6) is 1.82. The minimum atomic E-state index is -3.93. The van der Waals surface area contributed by atoms with E-state index in [1.807, 2.05) is 36.4 Å². The molecule has 3 aromatic rings. The lowest BCUT2D eigenvalue weighted by atomic mass is 10.1. The first-order valence-electron chi connectivity index (χ1n) is 14.1. The van der Waals surface area contributed by atoms with Crippen LogP contribution in [0.5, 0.6) is 11.5 Å².